The first-order valence-corrected chi connectivity index (χ1v) is 20.4. The van der Waals surface area contributed by atoms with Gasteiger partial charge in [-0.05, 0) is 83.9 Å². The predicted molar refractivity (Wildman–Crippen MR) is 243 cm³/mol. The van der Waals surface area contributed by atoms with Crippen molar-refractivity contribution in [3.63, 3.8) is 0 Å². The van der Waals surface area contributed by atoms with Crippen LogP contribution in [0.1, 0.15) is 0 Å². The Hall–Kier alpha value is -7.54. The smallest absolute Gasteiger partial charge is 0.159 e. The molecule has 0 saturated carbocycles. The summed E-state index contributed by atoms with van der Waals surface area (Å²) < 4.78 is 9.35. The Bertz CT molecular complexity index is 3750. The van der Waals surface area contributed by atoms with E-state index >= 15 is 0 Å². The number of fused-ring (bicyclic) bond motifs is 12. The first-order valence-electron chi connectivity index (χ1n) is 19.6. The second kappa shape index (κ2) is 12.0. The van der Waals surface area contributed by atoms with Crippen molar-refractivity contribution in [2.75, 3.05) is 0 Å². The standard InChI is InChI=1S/C52H31N5S/c1-2-12-34(13-3-1)55-45-20-10-7-17-39(45)41-28-32(23-26-47(41)55)33-22-25-40-38-16-6-11-21-46(38)57(48(40)29-33)52-51-50(53-31-54-52)42-30-35(24-27-49(42)58-51)56-43-18-8-4-14-36(43)37-15-5-9-19-44(37)56/h1-31H. The van der Waals surface area contributed by atoms with Crippen molar-refractivity contribution in [2.45, 2.75) is 0 Å². The van der Waals surface area contributed by atoms with Crippen LogP contribution in [-0.2, 0) is 0 Å². The lowest BCUT2D eigenvalue weighted by atomic mass is 10.0. The Morgan fingerprint density at radius 1 is 0.345 bits per heavy atom. The normalized spacial score (nSPS) is 12.1. The maximum Gasteiger partial charge on any atom is 0.159 e. The molecule has 5 aromatic heterocycles. The summed E-state index contributed by atoms with van der Waals surface area (Å²) in [6, 6.07) is 65.9. The molecule has 8 aromatic carbocycles. The van der Waals surface area contributed by atoms with E-state index in [1.807, 2.05) is 0 Å². The van der Waals surface area contributed by atoms with Gasteiger partial charge in [0.05, 0.1) is 43.3 Å². The highest BCUT2D eigenvalue weighted by molar-refractivity contribution is 7.26. The largest absolute Gasteiger partial charge is 0.309 e. The van der Waals surface area contributed by atoms with Crippen LogP contribution in [0.5, 0.6) is 0 Å². The Morgan fingerprint density at radius 3 is 1.57 bits per heavy atom. The van der Waals surface area contributed by atoms with Crippen molar-refractivity contribution >= 4 is 97.1 Å². The van der Waals surface area contributed by atoms with Crippen LogP contribution in [-0.4, -0.2) is 23.7 Å². The minimum Gasteiger partial charge on any atom is -0.309 e. The molecule has 270 valence electrons. The third-order valence-corrected chi connectivity index (χ3v) is 13.1. The molecule has 0 aliphatic rings. The molecule has 6 heteroatoms. The molecule has 0 atom stereocenters. The van der Waals surface area contributed by atoms with E-state index in [0.717, 1.165) is 49.4 Å². The molecule has 0 amide bonds. The number of aromatic nitrogens is 5. The average Bonchev–Trinajstić information content (AvgIpc) is 4.02. The summed E-state index contributed by atoms with van der Waals surface area (Å²) in [4.78, 5) is 10.0. The Labute approximate surface area is 335 Å². The van der Waals surface area contributed by atoms with Crippen LogP contribution in [0.4, 0.5) is 0 Å². The fourth-order valence-electron chi connectivity index (χ4n) is 9.44. The predicted octanol–water partition coefficient (Wildman–Crippen LogP) is 13.8. The van der Waals surface area contributed by atoms with Gasteiger partial charge in [-0.3, -0.25) is 4.57 Å². The molecule has 58 heavy (non-hydrogen) atoms. The van der Waals surface area contributed by atoms with E-state index in [-0.39, 0.29) is 0 Å². The van der Waals surface area contributed by atoms with Gasteiger partial charge in [0, 0.05) is 53.8 Å². The maximum absolute atomic E-state index is 5.06. The highest BCUT2D eigenvalue weighted by Crippen LogP contribution is 2.42. The number of thiophene rings is 1. The minimum absolute atomic E-state index is 0.898. The van der Waals surface area contributed by atoms with Crippen molar-refractivity contribution < 1.29 is 0 Å². The second-order valence-electron chi connectivity index (χ2n) is 15.0. The first kappa shape index (κ1) is 31.6. The van der Waals surface area contributed by atoms with Crippen molar-refractivity contribution in [1.82, 2.24) is 23.7 Å². The van der Waals surface area contributed by atoms with E-state index in [1.54, 1.807) is 17.7 Å². The number of hydrogen-bond acceptors (Lipinski definition) is 3. The third kappa shape index (κ3) is 4.40. The van der Waals surface area contributed by atoms with Gasteiger partial charge in [0.2, 0.25) is 0 Å². The summed E-state index contributed by atoms with van der Waals surface area (Å²) in [7, 11) is 0. The highest BCUT2D eigenvalue weighted by atomic mass is 32.1. The average molecular weight is 758 g/mol. The lowest BCUT2D eigenvalue weighted by Crippen LogP contribution is -1.98. The van der Waals surface area contributed by atoms with Gasteiger partial charge in [-0.15, -0.1) is 11.3 Å². The third-order valence-electron chi connectivity index (χ3n) is 12.0. The Morgan fingerprint density at radius 2 is 0.879 bits per heavy atom. The molecule has 13 aromatic rings. The van der Waals surface area contributed by atoms with Gasteiger partial charge in [-0.2, -0.15) is 0 Å². The molecule has 5 nitrogen and oxygen atoms in total. The van der Waals surface area contributed by atoms with E-state index in [4.69, 9.17) is 9.97 Å². The zero-order valence-corrected chi connectivity index (χ0v) is 31.9. The quantitative estimate of drug-likeness (QED) is 0.179. The van der Waals surface area contributed by atoms with Crippen molar-refractivity contribution in [1.29, 1.82) is 0 Å². The van der Waals surface area contributed by atoms with Crippen LogP contribution in [0.3, 0.4) is 0 Å². The number of nitrogens with zero attached hydrogens (tertiary/aromatic N) is 5. The molecule has 0 aliphatic carbocycles. The number of rotatable bonds is 4. The summed E-state index contributed by atoms with van der Waals surface area (Å²) in [5.41, 5.74) is 12.6. The second-order valence-corrected chi connectivity index (χ2v) is 16.1. The van der Waals surface area contributed by atoms with Crippen molar-refractivity contribution in [2.24, 2.45) is 0 Å². The molecule has 0 aliphatic heterocycles. The minimum atomic E-state index is 0.898. The molecule has 0 radical (unpaired) electrons. The van der Waals surface area contributed by atoms with Crippen molar-refractivity contribution in [3.8, 4) is 28.3 Å². The Kier molecular flexibility index (Phi) is 6.54. The molecular formula is C52H31N5S. The van der Waals surface area contributed by atoms with Gasteiger partial charge >= 0.3 is 0 Å². The molecule has 0 spiro atoms. The van der Waals surface area contributed by atoms with E-state index in [0.29, 0.717) is 0 Å². The maximum atomic E-state index is 5.06. The molecule has 0 fully saturated rings. The fourth-order valence-corrected chi connectivity index (χ4v) is 10.6. The number of hydrogen-bond donors (Lipinski definition) is 0. The lowest BCUT2D eigenvalue weighted by molar-refractivity contribution is 1.08. The van der Waals surface area contributed by atoms with Gasteiger partial charge in [0.1, 0.15) is 6.33 Å². The van der Waals surface area contributed by atoms with Crippen LogP contribution in [0.25, 0.3) is 114 Å². The zero-order chi connectivity index (χ0) is 37.9. The van der Waals surface area contributed by atoms with Crippen LogP contribution in [0.2, 0.25) is 0 Å². The molecule has 0 unspecified atom stereocenters. The molecule has 0 bridgehead atoms. The molecule has 0 N–H and O–H groups in total. The summed E-state index contributed by atoms with van der Waals surface area (Å²) in [5.74, 6) is 0.898. The first-order chi connectivity index (χ1) is 28.8. The summed E-state index contributed by atoms with van der Waals surface area (Å²) in [5, 5.41) is 8.51. The summed E-state index contributed by atoms with van der Waals surface area (Å²) in [6.45, 7) is 0. The number of para-hydroxylation sites is 5. The summed E-state index contributed by atoms with van der Waals surface area (Å²) in [6.07, 6.45) is 1.73. The molecule has 0 saturated heterocycles. The Balaban J connectivity index is 1.01. The van der Waals surface area contributed by atoms with Gasteiger partial charge in [-0.1, -0.05) is 109 Å². The molecule has 5 heterocycles. The van der Waals surface area contributed by atoms with E-state index in [1.165, 1.54) is 64.6 Å². The summed E-state index contributed by atoms with van der Waals surface area (Å²) >= 11 is 1.76. The molecular weight excluding hydrogens is 727 g/mol. The van der Waals surface area contributed by atoms with Gasteiger partial charge in [-0.25, -0.2) is 9.97 Å². The SMILES string of the molecule is c1ccc(-n2c3ccccc3c3cc(-c4ccc5c6ccccc6n(-c6ncnc7c6sc6ccc(-n8c9ccccc9c9ccccc98)cc67)c5c4)ccc32)cc1. The lowest BCUT2D eigenvalue weighted by Gasteiger charge is -2.10. The van der Waals surface area contributed by atoms with Crippen LogP contribution in [0.15, 0.2) is 188 Å². The van der Waals surface area contributed by atoms with Crippen LogP contribution < -0.4 is 0 Å². The topological polar surface area (TPSA) is 40.6 Å². The van der Waals surface area contributed by atoms with E-state index in [2.05, 4.69) is 196 Å². The monoisotopic (exact) mass is 757 g/mol. The van der Waals surface area contributed by atoms with Gasteiger partial charge < -0.3 is 9.13 Å². The fraction of sp³-hybridized carbons (Fsp3) is 0. The van der Waals surface area contributed by atoms with E-state index in [9.17, 15) is 0 Å². The van der Waals surface area contributed by atoms with Gasteiger partial charge in [0.25, 0.3) is 0 Å². The zero-order valence-electron chi connectivity index (χ0n) is 31.0. The number of benzene rings is 8. The van der Waals surface area contributed by atoms with E-state index < -0.39 is 0 Å². The van der Waals surface area contributed by atoms with Crippen LogP contribution in [0, 0.1) is 0 Å². The van der Waals surface area contributed by atoms with Crippen LogP contribution >= 0.6 is 11.3 Å². The van der Waals surface area contributed by atoms with Gasteiger partial charge in [0.15, 0.2) is 5.82 Å². The highest BCUT2D eigenvalue weighted by Gasteiger charge is 2.21. The van der Waals surface area contributed by atoms with Crippen molar-refractivity contribution in [3.05, 3.63) is 188 Å². The molecule has 13 rings (SSSR count).